The van der Waals surface area contributed by atoms with Crippen molar-refractivity contribution in [3.05, 3.63) is 29.1 Å². The molecule has 128 valence electrons. The minimum absolute atomic E-state index is 0.141. The number of nitrogens with one attached hydrogen (secondary N) is 1. The van der Waals surface area contributed by atoms with Gasteiger partial charge in [-0.25, -0.2) is 4.98 Å². The quantitative estimate of drug-likeness (QED) is 0.800. The molecule has 2 N–H and O–H groups in total. The number of thiazole rings is 1. The summed E-state index contributed by atoms with van der Waals surface area (Å²) in [5, 5.41) is 12.2. The van der Waals surface area contributed by atoms with Crippen LogP contribution in [0.15, 0.2) is 24.3 Å². The molecule has 1 aromatic heterocycles. The van der Waals surface area contributed by atoms with Gasteiger partial charge in [-0.15, -0.1) is 11.3 Å². The number of carboxylic acids is 1. The van der Waals surface area contributed by atoms with Crippen LogP contribution in [0.25, 0.3) is 11.3 Å². The molecule has 2 rings (SSSR count). The van der Waals surface area contributed by atoms with Crippen molar-refractivity contribution < 1.29 is 19.4 Å². The Morgan fingerprint density at radius 1 is 1.29 bits per heavy atom. The molecule has 0 radical (unpaired) electrons. The maximum atomic E-state index is 11.8. The number of carbonyl (C=O) groups excluding carboxylic acids is 1. The van der Waals surface area contributed by atoms with E-state index in [0.29, 0.717) is 22.3 Å². The first kappa shape index (κ1) is 17.9. The van der Waals surface area contributed by atoms with Crippen molar-refractivity contribution in [3.63, 3.8) is 0 Å². The van der Waals surface area contributed by atoms with E-state index in [0.717, 1.165) is 11.3 Å². The van der Waals surface area contributed by atoms with Gasteiger partial charge in [-0.1, -0.05) is 13.8 Å². The van der Waals surface area contributed by atoms with E-state index < -0.39 is 5.97 Å². The first-order chi connectivity index (χ1) is 11.4. The Balaban J connectivity index is 2.33. The van der Waals surface area contributed by atoms with Crippen LogP contribution < -0.4 is 10.1 Å². The van der Waals surface area contributed by atoms with E-state index in [1.807, 2.05) is 31.2 Å². The number of hydrogen-bond acceptors (Lipinski definition) is 5. The summed E-state index contributed by atoms with van der Waals surface area (Å²) in [5.74, 6) is -0.521. The van der Waals surface area contributed by atoms with Gasteiger partial charge in [-0.3, -0.25) is 9.59 Å². The molecule has 0 aliphatic heterocycles. The SMILES string of the molecule is CCOc1ccc(-c2nc(NC(=O)C(C)C)sc2CC(=O)O)cc1. The number of hydrogen-bond donors (Lipinski definition) is 2. The van der Waals surface area contributed by atoms with Crippen molar-refractivity contribution in [3.8, 4) is 17.0 Å². The zero-order valence-electron chi connectivity index (χ0n) is 13.8. The third-order valence-electron chi connectivity index (χ3n) is 3.20. The summed E-state index contributed by atoms with van der Waals surface area (Å²) in [5.41, 5.74) is 1.36. The summed E-state index contributed by atoms with van der Waals surface area (Å²) in [6.07, 6.45) is -0.141. The number of anilines is 1. The predicted octanol–water partition coefficient (Wildman–Crippen LogP) is 3.43. The molecule has 0 unspecified atom stereocenters. The minimum Gasteiger partial charge on any atom is -0.494 e. The van der Waals surface area contributed by atoms with Gasteiger partial charge in [0.05, 0.1) is 18.7 Å². The maximum Gasteiger partial charge on any atom is 0.308 e. The first-order valence-corrected chi connectivity index (χ1v) is 8.48. The van der Waals surface area contributed by atoms with Crippen LogP contribution in [0.5, 0.6) is 5.75 Å². The van der Waals surface area contributed by atoms with E-state index in [4.69, 9.17) is 9.84 Å². The number of benzene rings is 1. The molecule has 0 atom stereocenters. The predicted molar refractivity (Wildman–Crippen MR) is 93.5 cm³/mol. The Morgan fingerprint density at radius 3 is 2.50 bits per heavy atom. The van der Waals surface area contributed by atoms with E-state index in [-0.39, 0.29) is 18.2 Å². The number of ether oxygens (including phenoxy) is 1. The molecule has 0 saturated carbocycles. The van der Waals surface area contributed by atoms with Gasteiger partial charge in [-0.2, -0.15) is 0 Å². The number of rotatable bonds is 7. The molecule has 0 bridgehead atoms. The fraction of sp³-hybridized carbons (Fsp3) is 0.353. The fourth-order valence-electron chi connectivity index (χ4n) is 2.01. The molecular weight excluding hydrogens is 328 g/mol. The summed E-state index contributed by atoms with van der Waals surface area (Å²) in [4.78, 5) is 28.0. The monoisotopic (exact) mass is 348 g/mol. The van der Waals surface area contributed by atoms with E-state index >= 15 is 0 Å². The van der Waals surface area contributed by atoms with Crippen LogP contribution >= 0.6 is 11.3 Å². The highest BCUT2D eigenvalue weighted by molar-refractivity contribution is 7.16. The zero-order valence-corrected chi connectivity index (χ0v) is 14.6. The molecule has 24 heavy (non-hydrogen) atoms. The van der Waals surface area contributed by atoms with Gasteiger partial charge >= 0.3 is 5.97 Å². The second-order valence-corrected chi connectivity index (χ2v) is 6.55. The molecule has 0 aliphatic rings. The lowest BCUT2D eigenvalue weighted by Crippen LogP contribution is -2.17. The number of carboxylic acid groups (broad SMARTS) is 1. The average molecular weight is 348 g/mol. The Bertz CT molecular complexity index is 723. The van der Waals surface area contributed by atoms with Crippen LogP contribution in [0.4, 0.5) is 5.13 Å². The third-order valence-corrected chi connectivity index (χ3v) is 4.17. The topological polar surface area (TPSA) is 88.5 Å². The first-order valence-electron chi connectivity index (χ1n) is 7.66. The lowest BCUT2D eigenvalue weighted by molar-refractivity contribution is -0.136. The van der Waals surface area contributed by atoms with Gasteiger partial charge in [0.2, 0.25) is 5.91 Å². The van der Waals surface area contributed by atoms with Crippen LogP contribution in [0.3, 0.4) is 0 Å². The van der Waals surface area contributed by atoms with Crippen LogP contribution in [0.1, 0.15) is 25.6 Å². The number of amides is 1. The standard InChI is InChI=1S/C17H20N2O4S/c1-4-23-12-7-5-11(6-8-12)15-13(9-14(20)21)24-17(18-15)19-16(22)10(2)3/h5-8,10H,4,9H2,1-3H3,(H,20,21)(H,18,19,22). The lowest BCUT2D eigenvalue weighted by atomic mass is 10.1. The Morgan fingerprint density at radius 2 is 1.96 bits per heavy atom. The van der Waals surface area contributed by atoms with Crippen molar-refractivity contribution in [1.29, 1.82) is 0 Å². The molecule has 0 fully saturated rings. The Kier molecular flexibility index (Phi) is 5.92. The summed E-state index contributed by atoms with van der Waals surface area (Å²) in [6, 6.07) is 7.29. The van der Waals surface area contributed by atoms with Crippen molar-refractivity contribution in [2.24, 2.45) is 5.92 Å². The van der Waals surface area contributed by atoms with E-state index in [9.17, 15) is 9.59 Å². The van der Waals surface area contributed by atoms with Crippen molar-refractivity contribution in [2.75, 3.05) is 11.9 Å². The molecule has 0 aliphatic carbocycles. The second-order valence-electron chi connectivity index (χ2n) is 5.46. The molecule has 1 amide bonds. The largest absolute Gasteiger partial charge is 0.494 e. The smallest absolute Gasteiger partial charge is 0.308 e. The van der Waals surface area contributed by atoms with Crippen LogP contribution in [-0.2, 0) is 16.0 Å². The minimum atomic E-state index is -0.937. The van der Waals surface area contributed by atoms with E-state index in [2.05, 4.69) is 10.3 Å². The maximum absolute atomic E-state index is 11.8. The molecular formula is C17H20N2O4S. The number of aromatic nitrogens is 1. The zero-order chi connectivity index (χ0) is 17.7. The lowest BCUT2D eigenvalue weighted by Gasteiger charge is -2.05. The highest BCUT2D eigenvalue weighted by atomic mass is 32.1. The van der Waals surface area contributed by atoms with Crippen LogP contribution in [0, 0.1) is 5.92 Å². The van der Waals surface area contributed by atoms with Gasteiger partial charge in [0.15, 0.2) is 5.13 Å². The highest BCUT2D eigenvalue weighted by Gasteiger charge is 2.18. The molecule has 0 spiro atoms. The second kappa shape index (κ2) is 7.92. The average Bonchev–Trinajstić information content (AvgIpc) is 2.90. The Labute approximate surface area is 144 Å². The van der Waals surface area contributed by atoms with Gasteiger partial charge in [-0.05, 0) is 31.2 Å². The summed E-state index contributed by atoms with van der Waals surface area (Å²) < 4.78 is 5.41. The summed E-state index contributed by atoms with van der Waals surface area (Å²) in [7, 11) is 0. The fourth-order valence-corrected chi connectivity index (χ4v) is 2.99. The summed E-state index contributed by atoms with van der Waals surface area (Å²) >= 11 is 1.19. The molecule has 7 heteroatoms. The molecule has 0 saturated heterocycles. The van der Waals surface area contributed by atoms with Gasteiger partial charge in [0, 0.05) is 16.4 Å². The normalized spacial score (nSPS) is 10.7. The highest BCUT2D eigenvalue weighted by Crippen LogP contribution is 2.32. The van der Waals surface area contributed by atoms with Crippen molar-refractivity contribution in [2.45, 2.75) is 27.2 Å². The third kappa shape index (κ3) is 4.55. The van der Waals surface area contributed by atoms with E-state index in [1.165, 1.54) is 11.3 Å². The van der Waals surface area contributed by atoms with Gasteiger partial charge in [0.25, 0.3) is 0 Å². The number of nitrogens with zero attached hydrogens (tertiary/aromatic N) is 1. The van der Waals surface area contributed by atoms with E-state index in [1.54, 1.807) is 13.8 Å². The van der Waals surface area contributed by atoms with Crippen LogP contribution in [-0.4, -0.2) is 28.6 Å². The summed E-state index contributed by atoms with van der Waals surface area (Å²) in [6.45, 7) is 6.05. The van der Waals surface area contributed by atoms with Crippen LogP contribution in [0.2, 0.25) is 0 Å². The Hall–Kier alpha value is -2.41. The van der Waals surface area contributed by atoms with Crippen molar-refractivity contribution >= 4 is 28.3 Å². The molecule has 2 aromatic rings. The number of aliphatic carboxylic acids is 1. The molecule has 1 heterocycles. The molecule has 6 nitrogen and oxygen atoms in total. The number of carbonyl (C=O) groups is 2. The van der Waals surface area contributed by atoms with Gasteiger partial charge < -0.3 is 15.2 Å². The van der Waals surface area contributed by atoms with Crippen molar-refractivity contribution in [1.82, 2.24) is 4.98 Å². The van der Waals surface area contributed by atoms with Gasteiger partial charge in [0.1, 0.15) is 5.75 Å². The molecule has 1 aromatic carbocycles.